The van der Waals surface area contributed by atoms with E-state index in [2.05, 4.69) is 13.5 Å². The molecule has 0 amide bonds. The minimum Gasteiger partial charge on any atom is -0.416 e. The molecule has 0 aliphatic rings. The van der Waals surface area contributed by atoms with Crippen LogP contribution < -0.4 is 4.52 Å². The summed E-state index contributed by atoms with van der Waals surface area (Å²) in [7, 11) is 0.186. The van der Waals surface area contributed by atoms with Gasteiger partial charge in [0.1, 0.15) is 14.3 Å². The van der Waals surface area contributed by atoms with Crippen LogP contribution in [-0.2, 0) is 0 Å². The van der Waals surface area contributed by atoms with E-state index in [1.807, 2.05) is 0 Å². The van der Waals surface area contributed by atoms with E-state index in [0.29, 0.717) is 14.3 Å². The van der Waals surface area contributed by atoms with Crippen molar-refractivity contribution >= 4 is 30.8 Å². The Morgan fingerprint density at radius 2 is 2.25 bits per heavy atom. The average Bonchev–Trinajstić information content (AvgIpc) is 2.31. The third-order valence-corrected chi connectivity index (χ3v) is 5.07. The van der Waals surface area contributed by atoms with E-state index in [1.165, 1.54) is 12.1 Å². The van der Waals surface area contributed by atoms with Crippen LogP contribution in [0.3, 0.4) is 0 Å². The Morgan fingerprint density at radius 3 is 2.81 bits per heavy atom. The molecule has 2 N–H and O–H groups in total. The fraction of sp³-hybridized carbons (Fsp3) is 0. The number of nitrogens with zero attached hydrogens (tertiary/aromatic N) is 2. The summed E-state index contributed by atoms with van der Waals surface area (Å²) in [5.74, 6) is 0.579. The molecule has 7 nitrogen and oxygen atoms in total. The quantitative estimate of drug-likeness (QED) is 0.664. The van der Waals surface area contributed by atoms with Crippen LogP contribution in [-0.4, -0.2) is 18.5 Å². The molecule has 0 saturated carbocycles. The van der Waals surface area contributed by atoms with Crippen LogP contribution in [0.15, 0.2) is 24.3 Å². The van der Waals surface area contributed by atoms with Gasteiger partial charge >= 0.3 is 0 Å². The number of nitro benzene ring substituents is 1. The Labute approximate surface area is 94.4 Å². The molecule has 0 saturated heterocycles. The highest BCUT2D eigenvalue weighted by Crippen LogP contribution is 2.27. The van der Waals surface area contributed by atoms with Gasteiger partial charge in [0.25, 0.3) is 13.8 Å². The fourth-order valence-corrected chi connectivity index (χ4v) is 4.32. The van der Waals surface area contributed by atoms with Crippen molar-refractivity contribution in [1.29, 1.82) is 0 Å². The normalized spacial score (nSPS) is 11.9. The van der Waals surface area contributed by atoms with E-state index in [9.17, 15) is 10.1 Å². The smallest absolute Gasteiger partial charge is 0.269 e. The number of aromatic nitrogens is 3. The lowest BCUT2D eigenvalue weighted by atomic mass is 10.3. The molecule has 2 aromatic rings. The molecule has 2 unspecified atom stereocenters. The Bertz CT molecular complexity index is 494. The van der Waals surface area contributed by atoms with Gasteiger partial charge in [-0.15, -0.1) is 4.51 Å². The molecule has 0 fully saturated rings. The predicted molar refractivity (Wildman–Crippen MR) is 64.4 cm³/mol. The van der Waals surface area contributed by atoms with Gasteiger partial charge in [0.2, 0.25) is 0 Å². The van der Waals surface area contributed by atoms with E-state index < -0.39 is 13.0 Å². The zero-order chi connectivity index (χ0) is 11.4. The van der Waals surface area contributed by atoms with Gasteiger partial charge < -0.3 is 9.03 Å². The van der Waals surface area contributed by atoms with Gasteiger partial charge in [0.15, 0.2) is 0 Å². The molecule has 0 aliphatic carbocycles. The molecule has 1 heterocycles. The van der Waals surface area contributed by atoms with E-state index >= 15 is 0 Å². The second kappa shape index (κ2) is 5.17. The Balaban J connectivity index is 2.14. The van der Waals surface area contributed by atoms with Crippen molar-refractivity contribution in [2.24, 2.45) is 0 Å². The Morgan fingerprint density at radius 1 is 1.50 bits per heavy atom. The number of nitro groups is 1. The highest BCUT2D eigenvalue weighted by molar-refractivity contribution is 7.50. The van der Waals surface area contributed by atoms with Crippen molar-refractivity contribution in [2.45, 2.75) is 0 Å². The number of benzene rings is 1. The second-order valence-electron chi connectivity index (χ2n) is 2.65. The third-order valence-electron chi connectivity index (χ3n) is 1.62. The van der Waals surface area contributed by atoms with E-state index in [4.69, 9.17) is 4.52 Å². The van der Waals surface area contributed by atoms with E-state index in [1.54, 1.807) is 12.1 Å². The molecule has 2 atom stereocenters. The van der Waals surface area contributed by atoms with Crippen LogP contribution in [0, 0.1) is 10.1 Å². The summed E-state index contributed by atoms with van der Waals surface area (Å²) in [5.41, 5.74) is 0.0512. The Kier molecular flexibility index (Phi) is 3.62. The first-order chi connectivity index (χ1) is 7.75. The monoisotopic (exact) mass is 276 g/mol. The van der Waals surface area contributed by atoms with Crippen LogP contribution in [0.4, 0.5) is 5.69 Å². The zero-order valence-electron chi connectivity index (χ0n) is 7.82. The summed E-state index contributed by atoms with van der Waals surface area (Å²) < 4.78 is 15.7. The third kappa shape index (κ3) is 2.86. The SMILES string of the molecule is O=[N+]([O-])c1ccc(Op2np[nH][pH][nH]2)cc1. The topological polar surface area (TPSA) is 96.8 Å². The van der Waals surface area contributed by atoms with Crippen molar-refractivity contribution in [3.63, 3.8) is 0 Å². The number of aromatic amines is 2. The molecule has 16 heavy (non-hydrogen) atoms. The number of H-pyrrole nitrogens is 2. The molecule has 0 spiro atoms. The minimum atomic E-state index is -1.03. The van der Waals surface area contributed by atoms with Crippen LogP contribution in [0.25, 0.3) is 0 Å². The highest BCUT2D eigenvalue weighted by atomic mass is 31.2. The lowest BCUT2D eigenvalue weighted by Crippen LogP contribution is -1.87. The number of hydrogen-bond acceptors (Lipinski definition) is 4. The van der Waals surface area contributed by atoms with Crippen molar-refractivity contribution in [3.8, 4) is 5.75 Å². The molecule has 1 aromatic heterocycles. The number of hydrogen-bond donors (Lipinski definition) is 2. The molecule has 2 rings (SSSR count). The van der Waals surface area contributed by atoms with Gasteiger partial charge in [-0.3, -0.25) is 14.6 Å². The first-order valence-electron chi connectivity index (χ1n) is 4.14. The van der Waals surface area contributed by atoms with Crippen molar-refractivity contribution < 1.29 is 9.45 Å². The number of rotatable bonds is 3. The van der Waals surface area contributed by atoms with Crippen LogP contribution in [0.5, 0.6) is 5.75 Å². The standard InChI is InChI=1S/C6H7N4O3P3/c11-10(12)5-1-3-6(4-2-5)13-16-8-14-7-15-9-16/h1-4,8,14H,(H,7,9). The lowest BCUT2D eigenvalue weighted by molar-refractivity contribution is -0.384. The van der Waals surface area contributed by atoms with Gasteiger partial charge in [-0.25, -0.2) is 0 Å². The summed E-state index contributed by atoms with van der Waals surface area (Å²) in [4.78, 5) is 9.99. The summed E-state index contributed by atoms with van der Waals surface area (Å²) in [5, 5.41) is 10.4. The molecule has 84 valence electrons. The number of non-ortho nitro benzene ring substituents is 1. The molecular formula is C6H7N4O3P3. The summed E-state index contributed by atoms with van der Waals surface area (Å²) in [6.07, 6.45) is 0. The maximum absolute atomic E-state index is 10.4. The first kappa shape index (κ1) is 11.2. The second-order valence-corrected chi connectivity index (χ2v) is 6.34. The van der Waals surface area contributed by atoms with Crippen molar-refractivity contribution in [3.05, 3.63) is 34.4 Å². The summed E-state index contributed by atoms with van der Waals surface area (Å²) in [6, 6.07) is 5.96. The molecule has 0 radical (unpaired) electrons. The van der Waals surface area contributed by atoms with E-state index in [0.717, 1.165) is 8.51 Å². The molecule has 10 heteroatoms. The maximum Gasteiger partial charge on any atom is 0.269 e. The fourth-order valence-electron chi connectivity index (χ4n) is 0.953. The summed E-state index contributed by atoms with van der Waals surface area (Å²) in [6.45, 7) is 0. The molecule has 0 aliphatic heterocycles. The highest BCUT2D eigenvalue weighted by Gasteiger charge is 2.05. The van der Waals surface area contributed by atoms with Gasteiger partial charge in [0, 0.05) is 20.6 Å². The maximum atomic E-state index is 10.4. The lowest BCUT2D eigenvalue weighted by Gasteiger charge is -2.02. The summed E-state index contributed by atoms with van der Waals surface area (Å²) >= 11 is 0. The largest absolute Gasteiger partial charge is 0.416 e. The van der Waals surface area contributed by atoms with Crippen LogP contribution in [0.1, 0.15) is 0 Å². The van der Waals surface area contributed by atoms with Gasteiger partial charge in [-0.2, -0.15) is 0 Å². The minimum absolute atomic E-state index is 0.0512. The molecular weight excluding hydrogens is 269 g/mol. The van der Waals surface area contributed by atoms with Crippen molar-refractivity contribution in [2.75, 3.05) is 0 Å². The van der Waals surface area contributed by atoms with E-state index in [-0.39, 0.29) is 5.69 Å². The molecule has 0 bridgehead atoms. The van der Waals surface area contributed by atoms with Crippen LogP contribution >= 0.6 is 25.1 Å². The van der Waals surface area contributed by atoms with Crippen molar-refractivity contribution in [1.82, 2.24) is 13.5 Å². The first-order valence-corrected chi connectivity index (χ1v) is 7.20. The molecule has 1 aromatic carbocycles. The van der Waals surface area contributed by atoms with Gasteiger partial charge in [0.05, 0.1) is 4.92 Å². The predicted octanol–water partition coefficient (Wildman–Crippen LogP) is 3.21. The number of nitrogens with one attached hydrogen (secondary N) is 2. The average molecular weight is 276 g/mol. The van der Waals surface area contributed by atoms with Gasteiger partial charge in [-0.05, 0) is 12.1 Å². The zero-order valence-corrected chi connectivity index (χ0v) is 10.6. The van der Waals surface area contributed by atoms with Crippen LogP contribution in [0.2, 0.25) is 0 Å². The van der Waals surface area contributed by atoms with Gasteiger partial charge in [-0.1, -0.05) is 0 Å². The Hall–Kier alpha value is -1.28.